The van der Waals surface area contributed by atoms with Gasteiger partial charge in [0, 0.05) is 16.9 Å². The molecule has 4 rings (SSSR count). The number of ether oxygens (including phenoxy) is 2. The second-order valence-corrected chi connectivity index (χ2v) is 6.90. The third-order valence-corrected chi connectivity index (χ3v) is 5.11. The fraction of sp³-hybridized carbons (Fsp3) is 0.174. The first-order valence-electron chi connectivity index (χ1n) is 9.42. The smallest absolute Gasteiger partial charge is 0.416 e. The van der Waals surface area contributed by atoms with Gasteiger partial charge in [-0.3, -0.25) is 9.69 Å². The Bertz CT molecular complexity index is 1130. The lowest BCUT2D eigenvalue weighted by Crippen LogP contribution is -2.43. The van der Waals surface area contributed by atoms with Gasteiger partial charge in [-0.25, -0.2) is 0 Å². The molecule has 0 radical (unpaired) electrons. The zero-order valence-corrected chi connectivity index (χ0v) is 16.7. The molecule has 31 heavy (non-hydrogen) atoms. The minimum absolute atomic E-state index is 0.108. The fourth-order valence-corrected chi connectivity index (χ4v) is 3.70. The summed E-state index contributed by atoms with van der Waals surface area (Å²) in [6, 6.07) is 16.7. The second kappa shape index (κ2) is 7.86. The zero-order chi connectivity index (χ0) is 22.2. The zero-order valence-electron chi connectivity index (χ0n) is 16.7. The Kier molecular flexibility index (Phi) is 5.22. The number of hydrogen-bond donors (Lipinski definition) is 1. The minimum Gasteiger partial charge on any atom is -0.493 e. The van der Waals surface area contributed by atoms with Crippen molar-refractivity contribution in [2.24, 2.45) is 0 Å². The largest absolute Gasteiger partial charge is 0.493 e. The molecule has 0 bridgehead atoms. The predicted molar refractivity (Wildman–Crippen MR) is 111 cm³/mol. The molecule has 0 unspecified atom stereocenters. The van der Waals surface area contributed by atoms with Crippen molar-refractivity contribution in [1.29, 1.82) is 0 Å². The number of nitrogens with zero attached hydrogens (tertiary/aromatic N) is 1. The Morgan fingerprint density at radius 1 is 0.935 bits per heavy atom. The first-order chi connectivity index (χ1) is 14.8. The maximum atomic E-state index is 13.4. The van der Waals surface area contributed by atoms with E-state index in [4.69, 9.17) is 9.47 Å². The van der Waals surface area contributed by atoms with Gasteiger partial charge in [-0.15, -0.1) is 0 Å². The van der Waals surface area contributed by atoms with E-state index in [1.807, 2.05) is 0 Å². The molecule has 0 aliphatic carbocycles. The van der Waals surface area contributed by atoms with E-state index >= 15 is 0 Å². The molecular formula is C23H19F3N2O3. The average Bonchev–Trinajstić information content (AvgIpc) is 2.78. The van der Waals surface area contributed by atoms with Crippen LogP contribution in [0.1, 0.15) is 27.7 Å². The predicted octanol–water partition coefficient (Wildman–Crippen LogP) is 5.49. The Morgan fingerprint density at radius 3 is 2.39 bits per heavy atom. The number of nitrogens with one attached hydrogen (secondary N) is 1. The van der Waals surface area contributed by atoms with E-state index in [1.54, 1.807) is 42.5 Å². The van der Waals surface area contributed by atoms with Gasteiger partial charge in [0.1, 0.15) is 6.17 Å². The van der Waals surface area contributed by atoms with E-state index in [9.17, 15) is 18.0 Å². The highest BCUT2D eigenvalue weighted by atomic mass is 19.4. The average molecular weight is 428 g/mol. The molecule has 1 aliphatic heterocycles. The summed E-state index contributed by atoms with van der Waals surface area (Å²) in [5.74, 6) is 0.396. The first-order valence-corrected chi connectivity index (χ1v) is 9.42. The van der Waals surface area contributed by atoms with E-state index < -0.39 is 23.8 Å². The van der Waals surface area contributed by atoms with Crippen LogP contribution in [0.2, 0.25) is 0 Å². The van der Waals surface area contributed by atoms with Crippen LogP contribution in [0.15, 0.2) is 66.7 Å². The number of alkyl halides is 3. The summed E-state index contributed by atoms with van der Waals surface area (Å²) in [5, 5.41) is 3.26. The Labute approximate surface area is 177 Å². The summed E-state index contributed by atoms with van der Waals surface area (Å²) < 4.78 is 50.9. The van der Waals surface area contributed by atoms with Gasteiger partial charge in [-0.1, -0.05) is 30.3 Å². The maximum absolute atomic E-state index is 13.4. The number of benzene rings is 3. The SMILES string of the molecule is COc1cccc([C@H]2Nc3ccccc3C(=O)N2c2cccc(C(F)(F)F)c2)c1OC. The standard InChI is InChI=1S/C23H19F3N2O3/c1-30-19-12-6-10-17(20(19)31-2)21-27-18-11-4-3-9-16(18)22(29)28(21)15-8-5-7-14(13-15)23(24,25)26/h3-13,21,27H,1-2H3/t21-/m0/s1. The van der Waals surface area contributed by atoms with Gasteiger partial charge in [0.15, 0.2) is 11.5 Å². The number of anilines is 2. The van der Waals surface area contributed by atoms with E-state index in [2.05, 4.69) is 5.32 Å². The number of para-hydroxylation sites is 2. The van der Waals surface area contributed by atoms with Gasteiger partial charge >= 0.3 is 6.18 Å². The van der Waals surface area contributed by atoms with E-state index in [0.29, 0.717) is 28.3 Å². The normalized spacial score (nSPS) is 15.8. The third kappa shape index (κ3) is 3.65. The maximum Gasteiger partial charge on any atom is 0.416 e. The topological polar surface area (TPSA) is 50.8 Å². The number of carbonyl (C=O) groups is 1. The summed E-state index contributed by atoms with van der Waals surface area (Å²) >= 11 is 0. The molecular weight excluding hydrogens is 409 g/mol. The van der Waals surface area contributed by atoms with Crippen LogP contribution in [0, 0.1) is 0 Å². The highest BCUT2D eigenvalue weighted by molar-refractivity contribution is 6.12. The summed E-state index contributed by atoms with van der Waals surface area (Å²) in [6.45, 7) is 0. The van der Waals surface area contributed by atoms with E-state index in [1.165, 1.54) is 31.3 Å². The third-order valence-electron chi connectivity index (χ3n) is 5.11. The molecule has 1 heterocycles. The van der Waals surface area contributed by atoms with Crippen molar-refractivity contribution in [2.45, 2.75) is 12.3 Å². The summed E-state index contributed by atoms with van der Waals surface area (Å²) in [7, 11) is 2.95. The monoisotopic (exact) mass is 428 g/mol. The van der Waals surface area contributed by atoms with Gasteiger partial charge in [0.2, 0.25) is 0 Å². The van der Waals surface area contributed by atoms with E-state index in [-0.39, 0.29) is 5.69 Å². The molecule has 160 valence electrons. The summed E-state index contributed by atoms with van der Waals surface area (Å²) in [5.41, 5.74) is 0.746. The van der Waals surface area contributed by atoms with Gasteiger partial charge < -0.3 is 14.8 Å². The second-order valence-electron chi connectivity index (χ2n) is 6.90. The van der Waals surface area contributed by atoms with Gasteiger partial charge in [0.05, 0.1) is 25.3 Å². The highest BCUT2D eigenvalue weighted by Crippen LogP contribution is 2.43. The number of hydrogen-bond acceptors (Lipinski definition) is 4. The first kappa shape index (κ1) is 20.6. The highest BCUT2D eigenvalue weighted by Gasteiger charge is 2.38. The quantitative estimate of drug-likeness (QED) is 0.597. The molecule has 1 amide bonds. The van der Waals surface area contributed by atoms with Crippen LogP contribution >= 0.6 is 0 Å². The summed E-state index contributed by atoms with van der Waals surface area (Å²) in [4.78, 5) is 14.7. The molecule has 0 fully saturated rings. The number of amides is 1. The van der Waals surface area contributed by atoms with Gasteiger partial charge in [0.25, 0.3) is 5.91 Å². The molecule has 0 saturated carbocycles. The van der Waals surface area contributed by atoms with E-state index in [0.717, 1.165) is 12.1 Å². The van der Waals surface area contributed by atoms with Crippen molar-refractivity contribution in [1.82, 2.24) is 0 Å². The number of halogens is 3. The number of fused-ring (bicyclic) bond motifs is 1. The van der Waals surface area contributed by atoms with Crippen LogP contribution in [0.4, 0.5) is 24.5 Å². The van der Waals surface area contributed by atoms with Crippen LogP contribution < -0.4 is 19.7 Å². The molecule has 5 nitrogen and oxygen atoms in total. The lowest BCUT2D eigenvalue weighted by molar-refractivity contribution is -0.137. The van der Waals surface area contributed by atoms with Gasteiger partial charge in [-0.05, 0) is 36.4 Å². The van der Waals surface area contributed by atoms with Crippen molar-refractivity contribution in [3.05, 3.63) is 83.4 Å². The van der Waals surface area contributed by atoms with Gasteiger partial charge in [-0.2, -0.15) is 13.2 Å². The molecule has 1 N–H and O–H groups in total. The molecule has 0 spiro atoms. The molecule has 0 saturated heterocycles. The minimum atomic E-state index is -4.54. The number of carbonyl (C=O) groups excluding carboxylic acids is 1. The van der Waals surface area contributed by atoms with Crippen molar-refractivity contribution in [2.75, 3.05) is 24.4 Å². The number of rotatable bonds is 4. The molecule has 1 atom stereocenters. The van der Waals surface area contributed by atoms with Crippen LogP contribution in [-0.2, 0) is 6.18 Å². The fourth-order valence-electron chi connectivity index (χ4n) is 3.70. The Hall–Kier alpha value is -3.68. The van der Waals surface area contributed by atoms with Crippen molar-refractivity contribution in [3.8, 4) is 11.5 Å². The van der Waals surface area contributed by atoms with Crippen LogP contribution in [0.3, 0.4) is 0 Å². The van der Waals surface area contributed by atoms with Crippen LogP contribution in [-0.4, -0.2) is 20.1 Å². The van der Waals surface area contributed by atoms with Crippen LogP contribution in [0.5, 0.6) is 11.5 Å². The molecule has 1 aliphatic rings. The molecule has 3 aromatic rings. The molecule has 8 heteroatoms. The molecule has 0 aromatic heterocycles. The van der Waals surface area contributed by atoms with Crippen molar-refractivity contribution < 1.29 is 27.4 Å². The lowest BCUT2D eigenvalue weighted by Gasteiger charge is -2.39. The van der Waals surface area contributed by atoms with Crippen LogP contribution in [0.25, 0.3) is 0 Å². The Morgan fingerprint density at radius 2 is 1.68 bits per heavy atom. The molecule has 3 aromatic carbocycles. The Balaban J connectivity index is 1.92. The van der Waals surface area contributed by atoms with Crippen molar-refractivity contribution >= 4 is 17.3 Å². The van der Waals surface area contributed by atoms with Crippen molar-refractivity contribution in [3.63, 3.8) is 0 Å². The number of methoxy groups -OCH3 is 2. The lowest BCUT2D eigenvalue weighted by atomic mass is 10.0. The summed E-state index contributed by atoms with van der Waals surface area (Å²) in [6.07, 6.45) is -5.36.